The first-order valence-corrected chi connectivity index (χ1v) is 3.91. The number of hydrogen-bond donors (Lipinski definition) is 0. The van der Waals surface area contributed by atoms with Crippen molar-refractivity contribution in [2.75, 3.05) is 0 Å². The quantitative estimate of drug-likeness (QED) is 0.377. The molecule has 0 aliphatic heterocycles. The van der Waals surface area contributed by atoms with E-state index in [0.29, 0.717) is 0 Å². The van der Waals surface area contributed by atoms with E-state index in [9.17, 15) is 0 Å². The summed E-state index contributed by atoms with van der Waals surface area (Å²) in [5.74, 6) is 0. The summed E-state index contributed by atoms with van der Waals surface area (Å²) >= 11 is 1.41. The van der Waals surface area contributed by atoms with Crippen LogP contribution in [0.5, 0.6) is 0 Å². The zero-order chi connectivity index (χ0) is 4.12. The second-order valence-electron chi connectivity index (χ2n) is 0.931. The van der Waals surface area contributed by atoms with Crippen LogP contribution in [0.25, 0.3) is 0 Å². The van der Waals surface area contributed by atoms with Crippen molar-refractivity contribution in [2.24, 2.45) is 0 Å². The Morgan fingerprint density at radius 2 is 2.17 bits per heavy atom. The summed E-state index contributed by atoms with van der Waals surface area (Å²) in [5.41, 5.74) is 0. The Labute approximate surface area is 59.5 Å². The minimum Gasteiger partial charge on any atom is -1.00 e. The summed E-state index contributed by atoms with van der Waals surface area (Å²) in [6.45, 7) is 3.57. The van der Waals surface area contributed by atoms with Crippen molar-refractivity contribution >= 4 is 0 Å². The van der Waals surface area contributed by atoms with E-state index >= 15 is 0 Å². The van der Waals surface area contributed by atoms with Crippen molar-refractivity contribution < 1.29 is 35.3 Å². The first-order chi connectivity index (χ1) is 2.41. The van der Waals surface area contributed by atoms with E-state index < -0.39 is 0 Å². The van der Waals surface area contributed by atoms with Gasteiger partial charge in [0.25, 0.3) is 0 Å². The molecule has 0 spiro atoms. The average molecular weight is 200 g/mol. The standard InChI is InChI=1S/C4H7.BrH.Zn/c1-3-4-2;;/h3H,1-2,4H2;1H;/q;;+1/p-1. The van der Waals surface area contributed by atoms with Crippen LogP contribution in [0.4, 0.5) is 0 Å². The topological polar surface area (TPSA) is 0 Å². The molecule has 0 saturated carbocycles. The molecule has 0 heterocycles. The molecule has 0 aliphatic rings. The largest absolute Gasteiger partial charge is 1.00 e. The Morgan fingerprint density at radius 3 is 2.17 bits per heavy atom. The van der Waals surface area contributed by atoms with Crippen LogP contribution in [0, 0.1) is 0 Å². The normalized spacial score (nSPS) is 6.33. The summed E-state index contributed by atoms with van der Waals surface area (Å²) < 4.78 is 0. The second-order valence-corrected chi connectivity index (χ2v) is 2.41. The van der Waals surface area contributed by atoms with Gasteiger partial charge >= 0.3 is 42.4 Å². The van der Waals surface area contributed by atoms with E-state index in [2.05, 4.69) is 6.58 Å². The van der Waals surface area contributed by atoms with Gasteiger partial charge in [0.05, 0.1) is 0 Å². The molecule has 0 rings (SSSR count). The molecule has 0 radical (unpaired) electrons. The molecule has 0 bridgehead atoms. The van der Waals surface area contributed by atoms with E-state index in [1.54, 1.807) is 0 Å². The van der Waals surface area contributed by atoms with Crippen LogP contribution in [0.1, 0.15) is 6.42 Å². The van der Waals surface area contributed by atoms with Crippen molar-refractivity contribution in [3.63, 3.8) is 0 Å². The summed E-state index contributed by atoms with van der Waals surface area (Å²) in [4.78, 5) is 0. The molecule has 2 heteroatoms. The zero-order valence-electron chi connectivity index (χ0n) is 3.78. The maximum absolute atomic E-state index is 3.57. The van der Waals surface area contributed by atoms with Crippen LogP contribution in [0.2, 0.25) is 5.02 Å². The van der Waals surface area contributed by atoms with Gasteiger partial charge in [-0.3, -0.25) is 0 Å². The summed E-state index contributed by atoms with van der Waals surface area (Å²) in [6.07, 6.45) is 3.17. The molecular weight excluding hydrogens is 193 g/mol. The minimum absolute atomic E-state index is 0. The molecule has 0 amide bonds. The van der Waals surface area contributed by atoms with Crippen molar-refractivity contribution in [3.05, 3.63) is 12.7 Å². The number of halogens is 1. The number of hydrogen-bond acceptors (Lipinski definition) is 0. The SMILES string of the molecule is C=CC[CH2][Zn+].[Br-]. The number of rotatable bonds is 2. The average Bonchev–Trinajstić information content (AvgIpc) is 1.41. The van der Waals surface area contributed by atoms with Crippen LogP contribution < -0.4 is 17.0 Å². The maximum Gasteiger partial charge on any atom is -1.00 e. The molecule has 0 aromatic heterocycles. The Bertz CT molecular complexity index is 28.7. The van der Waals surface area contributed by atoms with Crippen molar-refractivity contribution in [1.82, 2.24) is 0 Å². The molecule has 0 fully saturated rings. The summed E-state index contributed by atoms with van der Waals surface area (Å²) in [7, 11) is 0. The fourth-order valence-corrected chi connectivity index (χ4v) is 0.750. The van der Waals surface area contributed by atoms with Crippen molar-refractivity contribution in [2.45, 2.75) is 11.4 Å². The second kappa shape index (κ2) is 9.28. The Hall–Kier alpha value is 0.843. The first kappa shape index (κ1) is 9.96. The van der Waals surface area contributed by atoms with E-state index in [1.165, 1.54) is 29.7 Å². The molecule has 0 aromatic carbocycles. The third kappa shape index (κ3) is 8.85. The van der Waals surface area contributed by atoms with Gasteiger partial charge in [0.1, 0.15) is 0 Å². The Morgan fingerprint density at radius 1 is 1.67 bits per heavy atom. The third-order valence-corrected chi connectivity index (χ3v) is 1.26. The predicted octanol–water partition coefficient (Wildman–Crippen LogP) is -1.47. The molecule has 0 saturated heterocycles. The molecule has 0 atom stereocenters. The Balaban J connectivity index is 0. The predicted molar refractivity (Wildman–Crippen MR) is 19.6 cm³/mol. The van der Waals surface area contributed by atoms with E-state index in [4.69, 9.17) is 0 Å². The van der Waals surface area contributed by atoms with Crippen LogP contribution in [0.3, 0.4) is 0 Å². The third-order valence-electron chi connectivity index (χ3n) is 0.408. The van der Waals surface area contributed by atoms with Crippen LogP contribution in [-0.2, 0) is 18.3 Å². The molecule has 32 valence electrons. The van der Waals surface area contributed by atoms with Gasteiger partial charge in [-0.2, -0.15) is 0 Å². The molecule has 0 nitrogen and oxygen atoms in total. The maximum atomic E-state index is 3.57. The van der Waals surface area contributed by atoms with Gasteiger partial charge in [0.2, 0.25) is 0 Å². The monoisotopic (exact) mass is 198 g/mol. The van der Waals surface area contributed by atoms with Crippen molar-refractivity contribution in [1.29, 1.82) is 0 Å². The van der Waals surface area contributed by atoms with Gasteiger partial charge in [0, 0.05) is 0 Å². The fraction of sp³-hybridized carbons (Fsp3) is 0.500. The molecule has 0 aromatic rings. The fourth-order valence-electron chi connectivity index (χ4n) is 0.144. The minimum atomic E-state index is 0. The van der Waals surface area contributed by atoms with E-state index in [1.807, 2.05) is 6.08 Å². The zero-order valence-corrected chi connectivity index (χ0v) is 8.34. The van der Waals surface area contributed by atoms with Crippen LogP contribution >= 0.6 is 0 Å². The van der Waals surface area contributed by atoms with E-state index in [0.717, 1.165) is 0 Å². The molecule has 0 aliphatic carbocycles. The molecular formula is C4H7BrZn. The Kier molecular flexibility index (Phi) is 15.4. The van der Waals surface area contributed by atoms with Gasteiger partial charge in [-0.15, -0.1) is 0 Å². The summed E-state index contributed by atoms with van der Waals surface area (Å²) in [5, 5.41) is 1.35. The smallest absolute Gasteiger partial charge is 1.00 e. The van der Waals surface area contributed by atoms with Gasteiger partial charge in [-0.05, 0) is 0 Å². The first-order valence-electron chi connectivity index (χ1n) is 1.82. The number of allylic oxidation sites excluding steroid dienone is 1. The van der Waals surface area contributed by atoms with Gasteiger partial charge in [0.15, 0.2) is 0 Å². The molecule has 6 heavy (non-hydrogen) atoms. The van der Waals surface area contributed by atoms with Crippen LogP contribution in [0.15, 0.2) is 12.7 Å². The molecule has 0 unspecified atom stereocenters. The van der Waals surface area contributed by atoms with Crippen molar-refractivity contribution in [3.8, 4) is 0 Å². The van der Waals surface area contributed by atoms with Gasteiger partial charge < -0.3 is 17.0 Å². The van der Waals surface area contributed by atoms with E-state index in [-0.39, 0.29) is 17.0 Å². The van der Waals surface area contributed by atoms with Crippen LogP contribution in [-0.4, -0.2) is 0 Å². The van der Waals surface area contributed by atoms with Gasteiger partial charge in [-0.1, -0.05) is 0 Å². The summed E-state index contributed by atoms with van der Waals surface area (Å²) in [6, 6.07) is 0. The molecule has 0 N–H and O–H groups in total. The van der Waals surface area contributed by atoms with Gasteiger partial charge in [-0.25, -0.2) is 0 Å².